The van der Waals surface area contributed by atoms with Gasteiger partial charge in [0.2, 0.25) is 5.95 Å². The van der Waals surface area contributed by atoms with Gasteiger partial charge in [0.1, 0.15) is 5.75 Å². The second-order valence-corrected chi connectivity index (χ2v) is 6.60. The topological polar surface area (TPSA) is 92.8 Å². The molecular weight excluding hydrogens is 461 g/mol. The third-order valence-electron chi connectivity index (χ3n) is 4.44. The summed E-state index contributed by atoms with van der Waals surface area (Å²) in [6, 6.07) is 7.70. The van der Waals surface area contributed by atoms with Crippen molar-refractivity contribution in [3.8, 4) is 5.75 Å². The van der Waals surface area contributed by atoms with E-state index in [0.717, 1.165) is 48.5 Å². The van der Waals surface area contributed by atoms with E-state index in [9.17, 15) is 4.79 Å². The zero-order valence-electron chi connectivity index (χ0n) is 17.5. The number of rotatable bonds is 9. The summed E-state index contributed by atoms with van der Waals surface area (Å²) in [4.78, 5) is 28.0. The smallest absolute Gasteiger partial charge is 0.277 e. The Labute approximate surface area is 200 Å². The van der Waals surface area contributed by atoms with E-state index in [1.807, 2.05) is 31.2 Å². The number of aryl methyl sites for hydroxylation is 2. The highest BCUT2D eigenvalue weighted by molar-refractivity contribution is 5.86. The first-order chi connectivity index (χ1) is 13.7. The van der Waals surface area contributed by atoms with Crippen molar-refractivity contribution in [2.24, 2.45) is 0 Å². The Morgan fingerprint density at radius 2 is 1.90 bits per heavy atom. The molecule has 0 unspecified atom stereocenters. The maximum Gasteiger partial charge on any atom is 0.277 e. The van der Waals surface area contributed by atoms with Crippen LogP contribution in [-0.4, -0.2) is 33.6 Å². The van der Waals surface area contributed by atoms with Crippen molar-refractivity contribution >= 4 is 43.2 Å². The van der Waals surface area contributed by atoms with Crippen molar-refractivity contribution in [1.29, 1.82) is 0 Å². The highest BCUT2D eigenvalue weighted by Gasteiger charge is 2.06. The summed E-state index contributed by atoms with van der Waals surface area (Å²) in [6.45, 7) is 2.66. The van der Waals surface area contributed by atoms with Crippen LogP contribution in [0.15, 0.2) is 47.7 Å². The predicted molar refractivity (Wildman–Crippen MR) is 131 cm³/mol. The van der Waals surface area contributed by atoms with E-state index >= 15 is 0 Å². The Kier molecular flexibility index (Phi) is 13.5. The Balaban J connectivity index is 0.00000300. The lowest BCUT2D eigenvalue weighted by atomic mass is 10.1. The maximum absolute atomic E-state index is 12.2. The zero-order valence-corrected chi connectivity index (χ0v) is 19.9. The number of halogens is 3. The molecule has 10 heteroatoms. The fourth-order valence-electron chi connectivity index (χ4n) is 2.88. The number of anilines is 1. The van der Waals surface area contributed by atoms with Crippen LogP contribution >= 0.6 is 37.2 Å². The van der Waals surface area contributed by atoms with Crippen molar-refractivity contribution < 1.29 is 4.74 Å². The number of H-pyrrole nitrogens is 1. The Bertz CT molecular complexity index is 968. The van der Waals surface area contributed by atoms with Crippen molar-refractivity contribution in [3.63, 3.8) is 0 Å². The number of aromatic nitrogens is 4. The highest BCUT2D eigenvalue weighted by Crippen LogP contribution is 2.16. The molecule has 31 heavy (non-hydrogen) atoms. The first-order valence-electron chi connectivity index (χ1n) is 9.37. The Morgan fingerprint density at radius 3 is 2.58 bits per heavy atom. The van der Waals surface area contributed by atoms with Gasteiger partial charge >= 0.3 is 0 Å². The van der Waals surface area contributed by atoms with Gasteiger partial charge in [-0.25, -0.2) is 0 Å². The Hall–Kier alpha value is -2.35. The lowest BCUT2D eigenvalue weighted by molar-refractivity contribution is 0.406. The molecule has 170 valence electrons. The summed E-state index contributed by atoms with van der Waals surface area (Å²) in [6.07, 6.45) is 8.54. The molecule has 0 aliphatic carbocycles. The molecule has 3 aromatic rings. The van der Waals surface area contributed by atoms with Crippen LogP contribution in [0, 0.1) is 6.92 Å². The number of methoxy groups -OCH3 is 1. The van der Waals surface area contributed by atoms with Gasteiger partial charge in [0, 0.05) is 42.8 Å². The molecule has 0 aliphatic heterocycles. The van der Waals surface area contributed by atoms with Crippen molar-refractivity contribution in [2.45, 2.75) is 32.6 Å². The van der Waals surface area contributed by atoms with Crippen LogP contribution in [0.1, 0.15) is 35.4 Å². The fourth-order valence-corrected chi connectivity index (χ4v) is 2.88. The number of nitrogens with one attached hydrogen (secondary N) is 2. The molecule has 3 rings (SSSR count). The van der Waals surface area contributed by atoms with Gasteiger partial charge in [-0.05, 0) is 49.9 Å². The van der Waals surface area contributed by atoms with Gasteiger partial charge in [0.25, 0.3) is 5.56 Å². The minimum Gasteiger partial charge on any atom is -0.495 e. The normalized spacial score (nSPS) is 9.61. The highest BCUT2D eigenvalue weighted by atomic mass is 35.5. The molecule has 0 aliphatic rings. The van der Waals surface area contributed by atoms with Crippen molar-refractivity contribution in [3.05, 3.63) is 75.7 Å². The SMILES string of the molecule is COc1cccnc1CCCCNc1nc(=O)c(Cc2ccc(C)nc2)c[nH]1.Cl.Cl.Cl. The third kappa shape index (κ3) is 8.73. The van der Waals surface area contributed by atoms with Crippen LogP contribution in [0.2, 0.25) is 0 Å². The fraction of sp³-hybridized carbons (Fsp3) is 0.333. The van der Waals surface area contributed by atoms with Crippen LogP contribution in [0.4, 0.5) is 5.95 Å². The molecule has 0 saturated heterocycles. The molecule has 0 atom stereocenters. The minimum atomic E-state index is -0.222. The second kappa shape index (κ2) is 14.6. The monoisotopic (exact) mass is 487 g/mol. The number of nitrogens with zero attached hydrogens (tertiary/aromatic N) is 3. The molecule has 0 amide bonds. The van der Waals surface area contributed by atoms with E-state index in [1.54, 1.807) is 25.7 Å². The molecule has 3 heterocycles. The van der Waals surface area contributed by atoms with Crippen LogP contribution in [0.3, 0.4) is 0 Å². The molecule has 3 aromatic heterocycles. The average Bonchev–Trinajstić information content (AvgIpc) is 2.71. The van der Waals surface area contributed by atoms with E-state index in [4.69, 9.17) is 4.74 Å². The average molecular weight is 489 g/mol. The lowest BCUT2D eigenvalue weighted by Gasteiger charge is -2.08. The van der Waals surface area contributed by atoms with E-state index in [-0.39, 0.29) is 42.8 Å². The first-order valence-corrected chi connectivity index (χ1v) is 9.37. The minimum absolute atomic E-state index is 0. The van der Waals surface area contributed by atoms with Gasteiger partial charge in [-0.2, -0.15) is 4.98 Å². The first kappa shape index (κ1) is 28.6. The maximum atomic E-state index is 12.2. The summed E-state index contributed by atoms with van der Waals surface area (Å²) >= 11 is 0. The van der Waals surface area contributed by atoms with Gasteiger partial charge in [-0.3, -0.25) is 14.8 Å². The number of unbranched alkanes of at least 4 members (excludes halogenated alkanes) is 1. The summed E-state index contributed by atoms with van der Waals surface area (Å²) in [5, 5.41) is 3.17. The summed E-state index contributed by atoms with van der Waals surface area (Å²) in [7, 11) is 1.66. The van der Waals surface area contributed by atoms with Gasteiger partial charge in [-0.1, -0.05) is 6.07 Å². The largest absolute Gasteiger partial charge is 0.495 e. The quantitative estimate of drug-likeness (QED) is 0.439. The van der Waals surface area contributed by atoms with Crippen LogP contribution in [-0.2, 0) is 12.8 Å². The van der Waals surface area contributed by atoms with Crippen LogP contribution in [0.25, 0.3) is 0 Å². The van der Waals surface area contributed by atoms with E-state index in [1.165, 1.54) is 0 Å². The van der Waals surface area contributed by atoms with Crippen molar-refractivity contribution in [2.75, 3.05) is 19.0 Å². The molecule has 0 bridgehead atoms. The van der Waals surface area contributed by atoms with Crippen LogP contribution in [0.5, 0.6) is 5.75 Å². The number of pyridine rings is 2. The molecule has 0 radical (unpaired) electrons. The van der Waals surface area contributed by atoms with Gasteiger partial charge in [0.15, 0.2) is 0 Å². The predicted octanol–water partition coefficient (Wildman–Crippen LogP) is 4.17. The van der Waals surface area contributed by atoms with Gasteiger partial charge in [0.05, 0.1) is 12.8 Å². The molecular formula is C21H28Cl3N5O2. The van der Waals surface area contributed by atoms with E-state index in [0.29, 0.717) is 17.9 Å². The third-order valence-corrected chi connectivity index (χ3v) is 4.44. The lowest BCUT2D eigenvalue weighted by Crippen LogP contribution is -2.17. The standard InChI is InChI=1S/C21H25N5O2.3ClH/c1-15-8-9-16(13-24-15)12-17-14-25-21(26-20(17)27)23-10-4-3-6-18-19(28-2)7-5-11-22-18;;;/h5,7-9,11,13-14H,3-4,6,10,12H2,1-2H3,(H2,23,25,26,27);3*1H. The number of aromatic amines is 1. The van der Waals surface area contributed by atoms with Gasteiger partial charge < -0.3 is 15.0 Å². The van der Waals surface area contributed by atoms with Gasteiger partial charge in [-0.15, -0.1) is 37.2 Å². The van der Waals surface area contributed by atoms with Crippen molar-refractivity contribution in [1.82, 2.24) is 19.9 Å². The van der Waals surface area contributed by atoms with E-state index < -0.39 is 0 Å². The zero-order chi connectivity index (χ0) is 19.8. The summed E-state index contributed by atoms with van der Waals surface area (Å²) in [5.41, 5.74) is 3.31. The molecule has 0 saturated carbocycles. The molecule has 7 nitrogen and oxygen atoms in total. The van der Waals surface area contributed by atoms with E-state index in [2.05, 4.69) is 25.3 Å². The number of hydrogen-bond acceptors (Lipinski definition) is 6. The van der Waals surface area contributed by atoms with Crippen LogP contribution < -0.4 is 15.6 Å². The molecule has 2 N–H and O–H groups in total. The summed E-state index contributed by atoms with van der Waals surface area (Å²) in [5.74, 6) is 1.31. The molecule has 0 spiro atoms. The summed E-state index contributed by atoms with van der Waals surface area (Å²) < 4.78 is 5.31. The second-order valence-electron chi connectivity index (χ2n) is 6.60. The Morgan fingerprint density at radius 1 is 1.10 bits per heavy atom. The molecule has 0 fully saturated rings. The number of ether oxygens (including phenoxy) is 1. The molecule has 0 aromatic carbocycles. The number of hydrogen-bond donors (Lipinski definition) is 2.